The third-order valence-electron chi connectivity index (χ3n) is 1.94. The molecule has 14 heavy (non-hydrogen) atoms. The van der Waals surface area contributed by atoms with Crippen LogP contribution in [0.1, 0.15) is 11.1 Å². The summed E-state index contributed by atoms with van der Waals surface area (Å²) in [6, 6.07) is 1.85. The molecule has 2 rings (SSSR count). The van der Waals surface area contributed by atoms with E-state index < -0.39 is 0 Å². The van der Waals surface area contributed by atoms with E-state index in [1.807, 2.05) is 13.0 Å². The zero-order valence-corrected chi connectivity index (χ0v) is 7.69. The Kier molecular flexibility index (Phi) is 1.85. The van der Waals surface area contributed by atoms with Crippen LogP contribution in [0.25, 0.3) is 5.88 Å². The Bertz CT molecular complexity index is 469. The third-order valence-corrected chi connectivity index (χ3v) is 1.94. The van der Waals surface area contributed by atoms with Gasteiger partial charge in [-0.05, 0) is 13.0 Å². The summed E-state index contributed by atoms with van der Waals surface area (Å²) < 4.78 is 6.79. The Morgan fingerprint density at radius 3 is 2.93 bits per heavy atom. The minimum atomic E-state index is 0.000425. The first-order valence-corrected chi connectivity index (χ1v) is 4.12. The van der Waals surface area contributed by atoms with Crippen LogP contribution >= 0.6 is 0 Å². The lowest BCUT2D eigenvalue weighted by Gasteiger charge is -1.96. The number of aromatic nitrogens is 2. The van der Waals surface area contributed by atoms with Gasteiger partial charge in [0.2, 0.25) is 5.88 Å². The van der Waals surface area contributed by atoms with Crippen LogP contribution in [0.2, 0.25) is 0 Å². The number of amidine groups is 1. The van der Waals surface area contributed by atoms with Crippen molar-refractivity contribution in [3.8, 4) is 5.88 Å². The van der Waals surface area contributed by atoms with E-state index in [9.17, 15) is 0 Å². The van der Waals surface area contributed by atoms with Crippen molar-refractivity contribution in [3.05, 3.63) is 35.9 Å². The zero-order valence-electron chi connectivity index (χ0n) is 7.69. The van der Waals surface area contributed by atoms with Crippen LogP contribution < -0.4 is 5.73 Å². The highest BCUT2D eigenvalue weighted by Crippen LogP contribution is 2.14. The van der Waals surface area contributed by atoms with Crippen molar-refractivity contribution in [2.24, 2.45) is 5.73 Å². The van der Waals surface area contributed by atoms with Gasteiger partial charge in [0.15, 0.2) is 0 Å². The smallest absolute Gasteiger partial charge is 0.222 e. The molecule has 0 bridgehead atoms. The van der Waals surface area contributed by atoms with Crippen molar-refractivity contribution < 1.29 is 4.42 Å². The minimum absolute atomic E-state index is 0.000425. The molecular formula is C9H10N4O. The van der Waals surface area contributed by atoms with Crippen LogP contribution in [-0.2, 0) is 0 Å². The van der Waals surface area contributed by atoms with Crippen molar-refractivity contribution in [1.29, 1.82) is 5.41 Å². The lowest BCUT2D eigenvalue weighted by Crippen LogP contribution is -2.09. The van der Waals surface area contributed by atoms with E-state index in [0.717, 1.165) is 5.56 Å². The number of nitrogens with one attached hydrogen (secondary N) is 1. The first-order chi connectivity index (χ1) is 6.68. The quantitative estimate of drug-likeness (QED) is 0.548. The Hall–Kier alpha value is -2.04. The number of aryl methyl sites for hydroxylation is 1. The van der Waals surface area contributed by atoms with E-state index in [-0.39, 0.29) is 5.84 Å². The summed E-state index contributed by atoms with van der Waals surface area (Å²) in [5.74, 6) is 0.651. The SMILES string of the molecule is Cc1ccoc1-n1cc(C(=N)N)cn1. The highest BCUT2D eigenvalue weighted by Gasteiger charge is 2.07. The van der Waals surface area contributed by atoms with Gasteiger partial charge in [0, 0.05) is 11.8 Å². The maximum atomic E-state index is 7.22. The Morgan fingerprint density at radius 1 is 1.64 bits per heavy atom. The summed E-state index contributed by atoms with van der Waals surface area (Å²) in [4.78, 5) is 0. The van der Waals surface area contributed by atoms with E-state index in [1.54, 1.807) is 17.1 Å². The van der Waals surface area contributed by atoms with Gasteiger partial charge in [-0.25, -0.2) is 4.68 Å². The van der Waals surface area contributed by atoms with Crippen LogP contribution in [0.15, 0.2) is 29.1 Å². The van der Waals surface area contributed by atoms with Crippen LogP contribution in [0.5, 0.6) is 0 Å². The molecule has 0 radical (unpaired) electrons. The summed E-state index contributed by atoms with van der Waals surface area (Å²) in [6.45, 7) is 1.92. The number of rotatable bonds is 2. The van der Waals surface area contributed by atoms with Crippen molar-refractivity contribution in [1.82, 2.24) is 9.78 Å². The number of furan rings is 1. The molecule has 0 fully saturated rings. The molecule has 0 saturated carbocycles. The van der Waals surface area contributed by atoms with Crippen LogP contribution in [0.4, 0.5) is 0 Å². The maximum absolute atomic E-state index is 7.22. The molecule has 0 aliphatic carbocycles. The standard InChI is InChI=1S/C9H10N4O/c1-6-2-3-14-9(6)13-5-7(4-12-13)8(10)11/h2-5H,1H3,(H3,10,11). The molecule has 0 saturated heterocycles. The fourth-order valence-corrected chi connectivity index (χ4v) is 1.17. The molecule has 3 N–H and O–H groups in total. The predicted octanol–water partition coefficient (Wildman–Crippen LogP) is 1.06. The van der Waals surface area contributed by atoms with Gasteiger partial charge in [-0.15, -0.1) is 0 Å². The topological polar surface area (TPSA) is 80.8 Å². The van der Waals surface area contributed by atoms with Gasteiger partial charge >= 0.3 is 0 Å². The van der Waals surface area contributed by atoms with Crippen LogP contribution in [0, 0.1) is 12.3 Å². The largest absolute Gasteiger partial charge is 0.446 e. The molecule has 0 spiro atoms. The summed E-state index contributed by atoms with van der Waals surface area (Å²) in [5.41, 5.74) is 6.89. The van der Waals surface area contributed by atoms with Crippen molar-refractivity contribution in [2.45, 2.75) is 6.92 Å². The fourth-order valence-electron chi connectivity index (χ4n) is 1.17. The van der Waals surface area contributed by atoms with Crippen LogP contribution in [-0.4, -0.2) is 15.6 Å². The molecule has 2 aromatic heterocycles. The molecule has 5 heteroatoms. The second-order valence-corrected chi connectivity index (χ2v) is 3.00. The number of hydrogen-bond acceptors (Lipinski definition) is 3. The molecule has 72 valence electrons. The van der Waals surface area contributed by atoms with E-state index in [4.69, 9.17) is 15.6 Å². The molecule has 2 heterocycles. The van der Waals surface area contributed by atoms with Gasteiger partial charge in [-0.1, -0.05) is 0 Å². The first kappa shape index (κ1) is 8.55. The van der Waals surface area contributed by atoms with Crippen molar-refractivity contribution >= 4 is 5.84 Å². The minimum Gasteiger partial charge on any atom is -0.446 e. The fraction of sp³-hybridized carbons (Fsp3) is 0.111. The molecular weight excluding hydrogens is 180 g/mol. The summed E-state index contributed by atoms with van der Waals surface area (Å²) in [7, 11) is 0. The third kappa shape index (κ3) is 1.28. The summed E-state index contributed by atoms with van der Waals surface area (Å²) in [6.07, 6.45) is 4.79. The summed E-state index contributed by atoms with van der Waals surface area (Å²) >= 11 is 0. The molecule has 2 aromatic rings. The Labute approximate surface area is 80.6 Å². The van der Waals surface area contributed by atoms with Gasteiger partial charge in [-0.3, -0.25) is 5.41 Å². The lowest BCUT2D eigenvalue weighted by molar-refractivity contribution is 0.520. The average Bonchev–Trinajstić information content (AvgIpc) is 2.71. The molecule has 0 aromatic carbocycles. The molecule has 0 aliphatic heterocycles. The van der Waals surface area contributed by atoms with Gasteiger partial charge in [0.25, 0.3) is 0 Å². The lowest BCUT2D eigenvalue weighted by atomic mass is 10.3. The van der Waals surface area contributed by atoms with Crippen LogP contribution in [0.3, 0.4) is 0 Å². The molecule has 0 amide bonds. The second-order valence-electron chi connectivity index (χ2n) is 3.00. The van der Waals surface area contributed by atoms with Gasteiger partial charge in [0.05, 0.1) is 18.0 Å². The van der Waals surface area contributed by atoms with E-state index in [2.05, 4.69) is 5.10 Å². The molecule has 0 atom stereocenters. The number of nitrogens with zero attached hydrogens (tertiary/aromatic N) is 2. The predicted molar refractivity (Wildman–Crippen MR) is 51.6 cm³/mol. The van der Waals surface area contributed by atoms with E-state index >= 15 is 0 Å². The maximum Gasteiger partial charge on any atom is 0.222 e. The highest BCUT2D eigenvalue weighted by molar-refractivity contribution is 5.94. The highest BCUT2D eigenvalue weighted by atomic mass is 16.3. The second kappa shape index (κ2) is 3.02. The molecule has 0 unspecified atom stereocenters. The van der Waals surface area contributed by atoms with Crippen molar-refractivity contribution in [3.63, 3.8) is 0 Å². The zero-order chi connectivity index (χ0) is 10.1. The molecule has 5 nitrogen and oxygen atoms in total. The molecule has 0 aliphatic rings. The van der Waals surface area contributed by atoms with E-state index in [0.29, 0.717) is 11.4 Å². The normalized spacial score (nSPS) is 10.4. The number of nitrogens with two attached hydrogens (primary N) is 1. The number of nitrogen functional groups attached to an aromatic ring is 1. The number of hydrogen-bond donors (Lipinski definition) is 2. The van der Waals surface area contributed by atoms with Gasteiger partial charge in [0.1, 0.15) is 5.84 Å². The monoisotopic (exact) mass is 190 g/mol. The first-order valence-electron chi connectivity index (χ1n) is 4.12. The average molecular weight is 190 g/mol. The van der Waals surface area contributed by atoms with E-state index in [1.165, 1.54) is 6.20 Å². The van der Waals surface area contributed by atoms with Crippen molar-refractivity contribution in [2.75, 3.05) is 0 Å². The Morgan fingerprint density at radius 2 is 2.43 bits per heavy atom. The summed E-state index contributed by atoms with van der Waals surface area (Å²) in [5, 5.41) is 11.3. The van der Waals surface area contributed by atoms with Gasteiger partial charge in [-0.2, -0.15) is 5.10 Å². The Balaban J connectivity index is 2.43. The van der Waals surface area contributed by atoms with Gasteiger partial charge < -0.3 is 10.2 Å².